The van der Waals surface area contributed by atoms with E-state index in [1.54, 1.807) is 6.08 Å². The molecule has 0 atom stereocenters. The van der Waals surface area contributed by atoms with E-state index in [2.05, 4.69) is 27.0 Å². The van der Waals surface area contributed by atoms with Crippen LogP contribution in [0.3, 0.4) is 0 Å². The van der Waals surface area contributed by atoms with Gasteiger partial charge in [0, 0.05) is 16.1 Å². The number of furan rings is 1. The lowest BCUT2D eigenvalue weighted by Crippen LogP contribution is -1.79. The summed E-state index contributed by atoms with van der Waals surface area (Å²) < 4.78 is 7.94. The van der Waals surface area contributed by atoms with E-state index in [0.717, 1.165) is 26.0 Å². The Bertz CT molecular complexity index is 1100. The zero-order chi connectivity index (χ0) is 17.2. The van der Waals surface area contributed by atoms with Gasteiger partial charge in [-0.1, -0.05) is 40.2 Å². The molecule has 5 heteroatoms. The maximum absolute atomic E-state index is 9.53. The molecule has 0 aliphatic rings. The first-order valence-electron chi connectivity index (χ1n) is 7.56. The third-order valence-electron chi connectivity index (χ3n) is 3.67. The van der Waals surface area contributed by atoms with Crippen LogP contribution in [0.2, 0.25) is 0 Å². The van der Waals surface area contributed by atoms with Crippen molar-refractivity contribution in [1.82, 2.24) is 4.98 Å². The summed E-state index contributed by atoms with van der Waals surface area (Å²) in [5, 5.41) is 10.2. The molecule has 0 fully saturated rings. The number of nitrogens with zero attached hydrogens (tertiary/aromatic N) is 2. The van der Waals surface area contributed by atoms with Gasteiger partial charge in [-0.2, -0.15) is 5.26 Å². The molecule has 0 spiro atoms. The molecule has 0 aliphatic heterocycles. The average molecular weight is 407 g/mol. The van der Waals surface area contributed by atoms with Crippen LogP contribution in [0.25, 0.3) is 33.2 Å². The predicted octanol–water partition coefficient (Wildman–Crippen LogP) is 6.38. The average Bonchev–Trinajstić information content (AvgIpc) is 3.26. The van der Waals surface area contributed by atoms with E-state index in [9.17, 15) is 5.26 Å². The van der Waals surface area contributed by atoms with Crippen molar-refractivity contribution in [3.8, 4) is 17.4 Å². The molecule has 0 bridgehead atoms. The molecule has 2 aromatic heterocycles. The van der Waals surface area contributed by atoms with Crippen LogP contribution in [0.15, 0.2) is 69.6 Å². The fourth-order valence-corrected chi connectivity index (χ4v) is 3.83. The van der Waals surface area contributed by atoms with Gasteiger partial charge in [-0.15, -0.1) is 11.3 Å². The molecule has 25 heavy (non-hydrogen) atoms. The minimum Gasteiger partial charge on any atom is -0.457 e. The number of para-hydroxylation sites is 1. The molecule has 2 heterocycles. The van der Waals surface area contributed by atoms with Crippen LogP contribution < -0.4 is 0 Å². The number of aromatic nitrogens is 1. The van der Waals surface area contributed by atoms with Gasteiger partial charge in [0.05, 0.1) is 15.8 Å². The van der Waals surface area contributed by atoms with E-state index < -0.39 is 0 Å². The summed E-state index contributed by atoms with van der Waals surface area (Å²) in [6.07, 6.45) is 1.74. The molecule has 3 nitrogen and oxygen atoms in total. The Kier molecular flexibility index (Phi) is 4.22. The monoisotopic (exact) mass is 406 g/mol. The number of halogens is 1. The molecule has 0 aliphatic carbocycles. The fraction of sp³-hybridized carbons (Fsp3) is 0. The Balaban J connectivity index is 1.70. The number of fused-ring (bicyclic) bond motifs is 1. The standard InChI is InChI=1S/C20H11BrN2OS/c21-15-5-3-4-13(10-15)18-9-8-16(24-18)11-14(12-22)20-23-17-6-1-2-7-19(17)25-20/h1-11H/b14-11+. The number of nitriles is 1. The second-order valence-corrected chi connectivity index (χ2v) is 7.32. The SMILES string of the molecule is N#C/C(=C\c1ccc(-c2cccc(Br)c2)o1)c1nc2ccccc2s1. The second-order valence-electron chi connectivity index (χ2n) is 5.37. The molecule has 120 valence electrons. The molecular weight excluding hydrogens is 396 g/mol. The zero-order valence-electron chi connectivity index (χ0n) is 12.9. The molecule has 0 amide bonds. The fourth-order valence-electron chi connectivity index (χ4n) is 2.50. The maximum atomic E-state index is 9.53. The molecule has 2 aromatic carbocycles. The van der Waals surface area contributed by atoms with E-state index in [1.165, 1.54) is 11.3 Å². The minimum absolute atomic E-state index is 0.497. The number of hydrogen-bond acceptors (Lipinski definition) is 4. The summed E-state index contributed by atoms with van der Waals surface area (Å²) in [5.74, 6) is 1.39. The van der Waals surface area contributed by atoms with Crippen LogP contribution in [0, 0.1) is 11.3 Å². The Morgan fingerprint density at radius 2 is 2.00 bits per heavy atom. The number of rotatable bonds is 3. The van der Waals surface area contributed by atoms with E-state index in [-0.39, 0.29) is 0 Å². The van der Waals surface area contributed by atoms with Gasteiger partial charge < -0.3 is 4.42 Å². The topological polar surface area (TPSA) is 49.8 Å². The first kappa shape index (κ1) is 15.8. The van der Waals surface area contributed by atoms with E-state index in [4.69, 9.17) is 4.42 Å². The number of hydrogen-bond donors (Lipinski definition) is 0. The highest BCUT2D eigenvalue weighted by Gasteiger charge is 2.10. The van der Waals surface area contributed by atoms with Gasteiger partial charge in [-0.05, 0) is 36.4 Å². The quantitative estimate of drug-likeness (QED) is 0.370. The van der Waals surface area contributed by atoms with Crippen LogP contribution in [0.4, 0.5) is 0 Å². The third-order valence-corrected chi connectivity index (χ3v) is 5.23. The van der Waals surface area contributed by atoms with E-state index in [0.29, 0.717) is 16.3 Å². The number of allylic oxidation sites excluding steroid dienone is 1. The van der Waals surface area contributed by atoms with Crippen molar-refractivity contribution in [2.24, 2.45) is 0 Å². The molecule has 0 saturated carbocycles. The van der Waals surface area contributed by atoms with Gasteiger partial charge in [0.15, 0.2) is 0 Å². The summed E-state index contributed by atoms with van der Waals surface area (Å²) in [6, 6.07) is 21.8. The summed E-state index contributed by atoms with van der Waals surface area (Å²) >= 11 is 4.97. The Labute approximate surface area is 157 Å². The van der Waals surface area contributed by atoms with Crippen molar-refractivity contribution in [1.29, 1.82) is 5.26 Å². The van der Waals surface area contributed by atoms with Crippen molar-refractivity contribution < 1.29 is 4.42 Å². The third kappa shape index (κ3) is 3.27. The summed E-state index contributed by atoms with van der Waals surface area (Å²) in [5.41, 5.74) is 2.38. The lowest BCUT2D eigenvalue weighted by molar-refractivity contribution is 0.572. The largest absolute Gasteiger partial charge is 0.457 e. The van der Waals surface area contributed by atoms with Crippen molar-refractivity contribution >= 4 is 49.1 Å². The lowest BCUT2D eigenvalue weighted by Gasteiger charge is -1.97. The smallest absolute Gasteiger partial charge is 0.135 e. The van der Waals surface area contributed by atoms with E-state index >= 15 is 0 Å². The second kappa shape index (κ2) is 6.67. The van der Waals surface area contributed by atoms with Gasteiger partial charge in [-0.25, -0.2) is 4.98 Å². The first-order chi connectivity index (χ1) is 12.2. The number of thiazole rings is 1. The molecule has 0 saturated heterocycles. The van der Waals surface area contributed by atoms with Crippen LogP contribution in [0.5, 0.6) is 0 Å². The van der Waals surface area contributed by atoms with Crippen molar-refractivity contribution in [2.45, 2.75) is 0 Å². The summed E-state index contributed by atoms with van der Waals surface area (Å²) in [7, 11) is 0. The van der Waals surface area contributed by atoms with Crippen LogP contribution in [0.1, 0.15) is 10.8 Å². The van der Waals surface area contributed by atoms with E-state index in [1.807, 2.05) is 60.7 Å². The summed E-state index contributed by atoms with van der Waals surface area (Å²) in [4.78, 5) is 4.54. The van der Waals surface area contributed by atoms with Gasteiger partial charge >= 0.3 is 0 Å². The van der Waals surface area contributed by atoms with Gasteiger partial charge in [0.25, 0.3) is 0 Å². The first-order valence-corrected chi connectivity index (χ1v) is 9.17. The van der Waals surface area contributed by atoms with Gasteiger partial charge in [0.2, 0.25) is 0 Å². The highest BCUT2D eigenvalue weighted by molar-refractivity contribution is 9.10. The minimum atomic E-state index is 0.497. The molecule has 0 radical (unpaired) electrons. The predicted molar refractivity (Wildman–Crippen MR) is 105 cm³/mol. The highest BCUT2D eigenvalue weighted by atomic mass is 79.9. The van der Waals surface area contributed by atoms with Crippen molar-refractivity contribution in [3.63, 3.8) is 0 Å². The number of benzene rings is 2. The molecule has 0 N–H and O–H groups in total. The lowest BCUT2D eigenvalue weighted by atomic mass is 10.2. The molecular formula is C20H11BrN2OS. The Hall–Kier alpha value is -2.68. The molecule has 4 rings (SSSR count). The normalized spacial score (nSPS) is 11.6. The zero-order valence-corrected chi connectivity index (χ0v) is 15.3. The van der Waals surface area contributed by atoms with Crippen molar-refractivity contribution in [3.05, 3.63) is 75.9 Å². The van der Waals surface area contributed by atoms with Crippen LogP contribution >= 0.6 is 27.3 Å². The summed E-state index contributed by atoms with van der Waals surface area (Å²) in [6.45, 7) is 0. The molecule has 4 aromatic rings. The van der Waals surface area contributed by atoms with Gasteiger partial charge in [-0.3, -0.25) is 0 Å². The van der Waals surface area contributed by atoms with Gasteiger partial charge in [0.1, 0.15) is 22.6 Å². The van der Waals surface area contributed by atoms with Crippen LogP contribution in [-0.4, -0.2) is 4.98 Å². The molecule has 0 unspecified atom stereocenters. The van der Waals surface area contributed by atoms with Crippen molar-refractivity contribution in [2.75, 3.05) is 0 Å². The Morgan fingerprint density at radius 1 is 1.12 bits per heavy atom. The Morgan fingerprint density at radius 3 is 2.80 bits per heavy atom. The van der Waals surface area contributed by atoms with Crippen LogP contribution in [-0.2, 0) is 0 Å². The highest BCUT2D eigenvalue weighted by Crippen LogP contribution is 2.30. The maximum Gasteiger partial charge on any atom is 0.135 e.